The number of hydrogen-bond donors (Lipinski definition) is 1. The molecule has 28 heavy (non-hydrogen) atoms. The van der Waals surface area contributed by atoms with Gasteiger partial charge in [-0.1, -0.05) is 48.0 Å². The highest BCUT2D eigenvalue weighted by Crippen LogP contribution is 2.18. The standard InChI is InChI=1S/C21H20N2O5/c1-14-6-5-9-16(10-14)20(26)22-23-12-17(11-19(23)25)21(27)28-13-18(24)15-7-3-2-4-8-15/h2-10,17H,11-13H2,1H3,(H,22,26)/t17-/m1/s1. The van der Waals surface area contributed by atoms with Crippen LogP contribution in [0.4, 0.5) is 0 Å². The summed E-state index contributed by atoms with van der Waals surface area (Å²) in [7, 11) is 0. The topological polar surface area (TPSA) is 92.8 Å². The first kappa shape index (κ1) is 19.3. The number of carbonyl (C=O) groups excluding carboxylic acids is 4. The number of esters is 1. The summed E-state index contributed by atoms with van der Waals surface area (Å²) in [5, 5.41) is 1.12. The van der Waals surface area contributed by atoms with Crippen molar-refractivity contribution in [2.24, 2.45) is 5.92 Å². The molecule has 0 bridgehead atoms. The van der Waals surface area contributed by atoms with Gasteiger partial charge in [-0.15, -0.1) is 0 Å². The van der Waals surface area contributed by atoms with Crippen molar-refractivity contribution in [2.45, 2.75) is 13.3 Å². The second-order valence-corrected chi connectivity index (χ2v) is 6.61. The van der Waals surface area contributed by atoms with Gasteiger partial charge in [0.15, 0.2) is 12.4 Å². The van der Waals surface area contributed by atoms with Crippen LogP contribution in [0.5, 0.6) is 0 Å². The fraction of sp³-hybridized carbons (Fsp3) is 0.238. The first-order valence-electron chi connectivity index (χ1n) is 8.87. The highest BCUT2D eigenvalue weighted by atomic mass is 16.5. The maximum Gasteiger partial charge on any atom is 0.311 e. The van der Waals surface area contributed by atoms with Crippen molar-refractivity contribution in [3.63, 3.8) is 0 Å². The van der Waals surface area contributed by atoms with E-state index in [1.54, 1.807) is 48.5 Å². The quantitative estimate of drug-likeness (QED) is 0.610. The molecule has 2 aromatic carbocycles. The number of hydrogen-bond acceptors (Lipinski definition) is 5. The Kier molecular flexibility index (Phi) is 5.84. The van der Waals surface area contributed by atoms with Crippen LogP contribution in [0.1, 0.15) is 32.7 Å². The molecule has 1 N–H and O–H groups in total. The summed E-state index contributed by atoms with van der Waals surface area (Å²) in [4.78, 5) is 48.6. The van der Waals surface area contributed by atoms with Crippen LogP contribution in [0.2, 0.25) is 0 Å². The minimum absolute atomic E-state index is 0.00868. The monoisotopic (exact) mass is 380 g/mol. The SMILES string of the molecule is Cc1cccc(C(=O)NN2C[C@H](C(=O)OCC(=O)c3ccccc3)CC2=O)c1. The number of carbonyl (C=O) groups is 4. The van der Waals surface area contributed by atoms with Gasteiger partial charge < -0.3 is 4.74 Å². The van der Waals surface area contributed by atoms with Crippen LogP contribution < -0.4 is 5.43 Å². The molecule has 144 valence electrons. The molecule has 7 nitrogen and oxygen atoms in total. The fourth-order valence-corrected chi connectivity index (χ4v) is 2.91. The second-order valence-electron chi connectivity index (χ2n) is 6.61. The molecule has 1 heterocycles. The minimum atomic E-state index is -0.728. The number of ether oxygens (including phenoxy) is 1. The van der Waals surface area contributed by atoms with Crippen molar-refractivity contribution in [3.05, 3.63) is 71.3 Å². The Bertz CT molecular complexity index is 910. The summed E-state index contributed by atoms with van der Waals surface area (Å²) in [6.45, 7) is 1.48. The zero-order chi connectivity index (χ0) is 20.1. The summed E-state index contributed by atoms with van der Waals surface area (Å²) >= 11 is 0. The van der Waals surface area contributed by atoms with Gasteiger partial charge in [-0.3, -0.25) is 29.6 Å². The Morgan fingerprint density at radius 2 is 1.79 bits per heavy atom. The van der Waals surface area contributed by atoms with Crippen molar-refractivity contribution in [1.29, 1.82) is 0 Å². The van der Waals surface area contributed by atoms with Gasteiger partial charge in [-0.2, -0.15) is 0 Å². The van der Waals surface area contributed by atoms with E-state index in [1.165, 1.54) is 0 Å². The predicted molar refractivity (Wildman–Crippen MR) is 100 cm³/mol. The summed E-state index contributed by atoms with van der Waals surface area (Å²) in [5.74, 6) is -2.48. The lowest BCUT2D eigenvalue weighted by Crippen LogP contribution is -2.43. The molecule has 7 heteroatoms. The molecule has 0 spiro atoms. The van der Waals surface area contributed by atoms with E-state index in [1.807, 2.05) is 13.0 Å². The van der Waals surface area contributed by atoms with Gasteiger partial charge in [0, 0.05) is 17.5 Å². The number of hydrazine groups is 1. The molecule has 3 rings (SSSR count). The molecule has 0 aromatic heterocycles. The van der Waals surface area contributed by atoms with E-state index in [4.69, 9.17) is 4.74 Å². The minimum Gasteiger partial charge on any atom is -0.457 e. The van der Waals surface area contributed by atoms with Gasteiger partial charge in [0.2, 0.25) is 5.91 Å². The van der Waals surface area contributed by atoms with Gasteiger partial charge >= 0.3 is 5.97 Å². The summed E-state index contributed by atoms with van der Waals surface area (Å²) in [6, 6.07) is 15.5. The molecule has 2 amide bonds. The highest BCUT2D eigenvalue weighted by molar-refractivity contribution is 5.99. The average Bonchev–Trinajstić information content (AvgIpc) is 3.07. The lowest BCUT2D eigenvalue weighted by Gasteiger charge is -2.17. The van der Waals surface area contributed by atoms with Crippen LogP contribution in [0, 0.1) is 12.8 Å². The van der Waals surface area contributed by atoms with E-state index in [-0.39, 0.29) is 31.3 Å². The average molecular weight is 380 g/mol. The van der Waals surface area contributed by atoms with Gasteiger partial charge in [-0.05, 0) is 19.1 Å². The van der Waals surface area contributed by atoms with E-state index in [0.29, 0.717) is 11.1 Å². The van der Waals surface area contributed by atoms with E-state index in [9.17, 15) is 19.2 Å². The van der Waals surface area contributed by atoms with Crippen LogP contribution in [-0.4, -0.2) is 41.7 Å². The number of ketones is 1. The Hall–Kier alpha value is -3.48. The number of nitrogens with zero attached hydrogens (tertiary/aromatic N) is 1. The van der Waals surface area contributed by atoms with Crippen molar-refractivity contribution < 1.29 is 23.9 Å². The Morgan fingerprint density at radius 3 is 2.50 bits per heavy atom. The lowest BCUT2D eigenvalue weighted by molar-refractivity contribution is -0.147. The third-order valence-corrected chi connectivity index (χ3v) is 4.42. The largest absolute Gasteiger partial charge is 0.457 e. The van der Waals surface area contributed by atoms with Gasteiger partial charge in [-0.25, -0.2) is 0 Å². The van der Waals surface area contributed by atoms with Crippen LogP contribution in [0.25, 0.3) is 0 Å². The Balaban J connectivity index is 1.52. The molecule has 1 saturated heterocycles. The second kappa shape index (κ2) is 8.47. The van der Waals surface area contributed by atoms with Crippen LogP contribution in [-0.2, 0) is 14.3 Å². The van der Waals surface area contributed by atoms with Crippen LogP contribution in [0.3, 0.4) is 0 Å². The molecule has 0 aliphatic carbocycles. The summed E-state index contributed by atoms with van der Waals surface area (Å²) in [5.41, 5.74) is 4.31. The number of amides is 2. The van der Waals surface area contributed by atoms with Crippen molar-refractivity contribution >= 4 is 23.6 Å². The molecule has 0 radical (unpaired) electrons. The maximum atomic E-state index is 12.3. The highest BCUT2D eigenvalue weighted by Gasteiger charge is 2.36. The third-order valence-electron chi connectivity index (χ3n) is 4.42. The Morgan fingerprint density at radius 1 is 1.07 bits per heavy atom. The molecule has 1 aliphatic heterocycles. The van der Waals surface area contributed by atoms with Crippen molar-refractivity contribution in [2.75, 3.05) is 13.2 Å². The van der Waals surface area contributed by atoms with E-state index in [2.05, 4.69) is 5.43 Å². The predicted octanol–water partition coefficient (Wildman–Crippen LogP) is 1.91. The number of aryl methyl sites for hydroxylation is 1. The lowest BCUT2D eigenvalue weighted by atomic mass is 10.1. The first-order valence-corrected chi connectivity index (χ1v) is 8.87. The molecule has 1 atom stereocenters. The van der Waals surface area contributed by atoms with Crippen LogP contribution >= 0.6 is 0 Å². The van der Waals surface area contributed by atoms with E-state index < -0.39 is 17.8 Å². The number of nitrogens with one attached hydrogen (secondary N) is 1. The van der Waals surface area contributed by atoms with Gasteiger partial charge in [0.1, 0.15) is 0 Å². The van der Waals surface area contributed by atoms with Gasteiger partial charge in [0.05, 0.1) is 12.5 Å². The normalized spacial score (nSPS) is 16.0. The molecular weight excluding hydrogens is 360 g/mol. The molecule has 2 aromatic rings. The smallest absolute Gasteiger partial charge is 0.311 e. The maximum absolute atomic E-state index is 12.3. The third kappa shape index (κ3) is 4.62. The number of Topliss-reactive ketones (excluding diaryl/α,β-unsaturated/α-hetero) is 1. The number of rotatable bonds is 6. The van der Waals surface area contributed by atoms with E-state index in [0.717, 1.165) is 10.6 Å². The van der Waals surface area contributed by atoms with Crippen LogP contribution in [0.15, 0.2) is 54.6 Å². The fourth-order valence-electron chi connectivity index (χ4n) is 2.91. The molecule has 1 aliphatic rings. The summed E-state index contributed by atoms with van der Waals surface area (Å²) < 4.78 is 5.06. The van der Waals surface area contributed by atoms with Crippen molar-refractivity contribution in [3.8, 4) is 0 Å². The Labute approximate surface area is 162 Å². The molecule has 0 saturated carbocycles. The van der Waals surface area contributed by atoms with Crippen molar-refractivity contribution in [1.82, 2.24) is 10.4 Å². The summed E-state index contributed by atoms with van der Waals surface area (Å²) in [6.07, 6.45) is -0.0769. The zero-order valence-corrected chi connectivity index (χ0v) is 15.4. The van der Waals surface area contributed by atoms with Gasteiger partial charge in [0.25, 0.3) is 5.91 Å². The number of benzene rings is 2. The molecule has 1 fully saturated rings. The molecular formula is C21H20N2O5. The molecule has 0 unspecified atom stereocenters. The van der Waals surface area contributed by atoms with E-state index >= 15 is 0 Å². The first-order chi connectivity index (χ1) is 13.4. The zero-order valence-electron chi connectivity index (χ0n) is 15.4.